The summed E-state index contributed by atoms with van der Waals surface area (Å²) < 4.78 is 17.3. The van der Waals surface area contributed by atoms with Crippen molar-refractivity contribution in [1.82, 2.24) is 20.2 Å². The summed E-state index contributed by atoms with van der Waals surface area (Å²) in [5.41, 5.74) is -0.633. The number of likely N-dealkylation sites (tertiary alicyclic amines) is 1. The van der Waals surface area contributed by atoms with Gasteiger partial charge in [-0.2, -0.15) is 0 Å². The number of hydrogen-bond donors (Lipinski definition) is 2. The van der Waals surface area contributed by atoms with Crippen molar-refractivity contribution in [2.75, 3.05) is 25.0 Å². The molecule has 0 bridgehead atoms. The Morgan fingerprint density at radius 1 is 1.14 bits per heavy atom. The maximum absolute atomic E-state index is 12.7. The molecule has 194 valence electrons. The predicted molar refractivity (Wildman–Crippen MR) is 134 cm³/mol. The summed E-state index contributed by atoms with van der Waals surface area (Å²) in [5, 5.41) is 5.92. The molecule has 3 rings (SSSR count). The summed E-state index contributed by atoms with van der Waals surface area (Å²) in [7, 11) is -0.483. The van der Waals surface area contributed by atoms with Gasteiger partial charge >= 0.3 is 13.2 Å². The topological polar surface area (TPSA) is 115 Å². The molecule has 0 radical (unpaired) electrons. The molecule has 0 aliphatic carbocycles. The molecular formula is C24H40BN5O5. The molecule has 2 aliphatic rings. The van der Waals surface area contributed by atoms with Crippen LogP contribution in [0.4, 0.5) is 10.7 Å². The molecule has 2 amide bonds. The van der Waals surface area contributed by atoms with E-state index < -0.39 is 36.1 Å². The molecule has 2 fully saturated rings. The van der Waals surface area contributed by atoms with Crippen LogP contribution < -0.4 is 16.1 Å². The molecular weight excluding hydrogens is 449 g/mol. The monoisotopic (exact) mass is 489 g/mol. The summed E-state index contributed by atoms with van der Waals surface area (Å²) in [5.74, 6) is 0.863. The standard InChI is InChI=1S/C24H40BN5O5/c1-16(29-21(32)33-22(2,3)4)19(31)30-11-9-17(10-12-30)13-26-20-27-14-18(15-28-20)25-34-23(5,6)24(7,8)35-25/h14-17H,9-13H2,1-8H3,(H,29,32)(H,26,27,28)/t16-/m1/s1. The number of carbonyl (C=O) groups is 2. The molecule has 2 saturated heterocycles. The lowest BCUT2D eigenvalue weighted by molar-refractivity contribution is -0.134. The number of hydrogen-bond acceptors (Lipinski definition) is 8. The zero-order chi connectivity index (χ0) is 26.0. The van der Waals surface area contributed by atoms with Crippen LogP contribution in [0.2, 0.25) is 0 Å². The second-order valence-electron chi connectivity index (χ2n) is 11.4. The summed E-state index contributed by atoms with van der Waals surface area (Å²) in [6.45, 7) is 17.1. The van der Waals surface area contributed by atoms with Gasteiger partial charge in [0, 0.05) is 37.5 Å². The van der Waals surface area contributed by atoms with Crippen molar-refractivity contribution in [3.63, 3.8) is 0 Å². The van der Waals surface area contributed by atoms with E-state index in [0.29, 0.717) is 25.0 Å². The first kappa shape index (κ1) is 27.2. The van der Waals surface area contributed by atoms with E-state index in [-0.39, 0.29) is 5.91 Å². The lowest BCUT2D eigenvalue weighted by Crippen LogP contribution is -2.50. The van der Waals surface area contributed by atoms with Gasteiger partial charge < -0.3 is 29.6 Å². The molecule has 0 saturated carbocycles. The molecule has 10 nitrogen and oxygen atoms in total. The van der Waals surface area contributed by atoms with E-state index in [9.17, 15) is 9.59 Å². The number of nitrogens with one attached hydrogen (secondary N) is 2. The molecule has 2 N–H and O–H groups in total. The Morgan fingerprint density at radius 3 is 2.20 bits per heavy atom. The van der Waals surface area contributed by atoms with E-state index >= 15 is 0 Å². The normalized spacial score (nSPS) is 20.9. The van der Waals surface area contributed by atoms with Crippen molar-refractivity contribution in [2.45, 2.75) is 91.1 Å². The second-order valence-corrected chi connectivity index (χ2v) is 11.4. The minimum absolute atomic E-state index is 0.0936. The minimum Gasteiger partial charge on any atom is -0.444 e. The molecule has 0 aromatic carbocycles. The number of anilines is 1. The van der Waals surface area contributed by atoms with E-state index in [1.165, 1.54) is 0 Å². The van der Waals surface area contributed by atoms with E-state index in [1.54, 1.807) is 45.0 Å². The van der Waals surface area contributed by atoms with Crippen LogP contribution in [0.5, 0.6) is 0 Å². The van der Waals surface area contributed by atoms with Crippen molar-refractivity contribution in [3.8, 4) is 0 Å². The van der Waals surface area contributed by atoms with Gasteiger partial charge in [-0.3, -0.25) is 4.79 Å². The van der Waals surface area contributed by atoms with Crippen LogP contribution in [0.3, 0.4) is 0 Å². The lowest BCUT2D eigenvalue weighted by atomic mass is 9.81. The van der Waals surface area contributed by atoms with Gasteiger partial charge in [-0.25, -0.2) is 14.8 Å². The van der Waals surface area contributed by atoms with Gasteiger partial charge in [0.25, 0.3) is 0 Å². The fourth-order valence-electron chi connectivity index (χ4n) is 3.94. The number of piperidine rings is 1. The van der Waals surface area contributed by atoms with Crippen molar-refractivity contribution in [2.24, 2.45) is 5.92 Å². The third-order valence-electron chi connectivity index (χ3n) is 6.78. The van der Waals surface area contributed by atoms with Crippen LogP contribution in [0.1, 0.15) is 68.2 Å². The van der Waals surface area contributed by atoms with Gasteiger partial charge in [0.05, 0.1) is 11.2 Å². The Morgan fingerprint density at radius 2 is 1.69 bits per heavy atom. The summed E-state index contributed by atoms with van der Waals surface area (Å²) in [6, 6.07) is -0.629. The Hall–Kier alpha value is -2.40. The van der Waals surface area contributed by atoms with Gasteiger partial charge in [-0.05, 0) is 74.1 Å². The van der Waals surface area contributed by atoms with Crippen LogP contribution in [0.15, 0.2) is 12.4 Å². The van der Waals surface area contributed by atoms with E-state index in [0.717, 1.165) is 24.8 Å². The Labute approximate surface area is 209 Å². The number of amides is 2. The molecule has 1 atom stereocenters. The van der Waals surface area contributed by atoms with E-state index in [2.05, 4.69) is 20.6 Å². The highest BCUT2D eigenvalue weighted by atomic mass is 16.7. The largest absolute Gasteiger partial charge is 0.498 e. The molecule has 11 heteroatoms. The van der Waals surface area contributed by atoms with Gasteiger partial charge in [-0.15, -0.1) is 0 Å². The summed E-state index contributed by atoms with van der Waals surface area (Å²) in [6.07, 6.45) is 4.62. The number of ether oxygens (including phenoxy) is 1. The highest BCUT2D eigenvalue weighted by Gasteiger charge is 2.52. The van der Waals surface area contributed by atoms with Crippen molar-refractivity contribution in [3.05, 3.63) is 12.4 Å². The van der Waals surface area contributed by atoms with E-state index in [4.69, 9.17) is 14.0 Å². The fourth-order valence-corrected chi connectivity index (χ4v) is 3.94. The first-order valence-corrected chi connectivity index (χ1v) is 12.4. The zero-order valence-corrected chi connectivity index (χ0v) is 22.3. The maximum Gasteiger partial charge on any atom is 0.498 e. The molecule has 2 aliphatic heterocycles. The molecule has 0 unspecified atom stereocenters. The number of nitrogens with zero attached hydrogens (tertiary/aromatic N) is 3. The average molecular weight is 489 g/mol. The number of carbonyl (C=O) groups excluding carboxylic acids is 2. The van der Waals surface area contributed by atoms with E-state index in [1.807, 2.05) is 27.7 Å². The molecule has 1 aromatic rings. The number of aromatic nitrogens is 2. The van der Waals surface area contributed by atoms with Crippen LogP contribution >= 0.6 is 0 Å². The highest BCUT2D eigenvalue weighted by molar-refractivity contribution is 6.61. The highest BCUT2D eigenvalue weighted by Crippen LogP contribution is 2.36. The van der Waals surface area contributed by atoms with Crippen LogP contribution in [0, 0.1) is 5.92 Å². The summed E-state index contributed by atoms with van der Waals surface area (Å²) >= 11 is 0. The SMILES string of the molecule is C[C@@H](NC(=O)OC(C)(C)C)C(=O)N1CCC(CNc2ncc(B3OC(C)(C)C(C)(C)O3)cn2)CC1. The van der Waals surface area contributed by atoms with Gasteiger partial charge in [0.2, 0.25) is 11.9 Å². The molecule has 3 heterocycles. The number of alkyl carbamates (subject to hydrolysis) is 1. The maximum atomic E-state index is 12.7. The first-order chi connectivity index (χ1) is 16.2. The Kier molecular flexibility index (Phi) is 8.01. The molecule has 1 aromatic heterocycles. The Bertz CT molecular complexity index is 879. The average Bonchev–Trinajstić information content (AvgIpc) is 2.98. The van der Waals surface area contributed by atoms with Crippen molar-refractivity contribution in [1.29, 1.82) is 0 Å². The van der Waals surface area contributed by atoms with Crippen LogP contribution in [-0.4, -0.2) is 76.5 Å². The van der Waals surface area contributed by atoms with Gasteiger partial charge in [-0.1, -0.05) is 0 Å². The second kappa shape index (κ2) is 10.3. The smallest absolute Gasteiger partial charge is 0.444 e. The van der Waals surface area contributed by atoms with Crippen LogP contribution in [0.25, 0.3) is 0 Å². The van der Waals surface area contributed by atoms with Crippen molar-refractivity contribution >= 4 is 30.5 Å². The van der Waals surface area contributed by atoms with Gasteiger partial charge in [0.1, 0.15) is 11.6 Å². The third-order valence-corrected chi connectivity index (χ3v) is 6.78. The van der Waals surface area contributed by atoms with Gasteiger partial charge in [0.15, 0.2) is 0 Å². The first-order valence-electron chi connectivity index (χ1n) is 12.4. The van der Waals surface area contributed by atoms with Crippen molar-refractivity contribution < 1.29 is 23.6 Å². The van der Waals surface area contributed by atoms with Crippen LogP contribution in [-0.2, 0) is 18.8 Å². The fraction of sp³-hybridized carbons (Fsp3) is 0.750. The third kappa shape index (κ3) is 7.07. The quantitative estimate of drug-likeness (QED) is 0.586. The molecule has 35 heavy (non-hydrogen) atoms. The minimum atomic E-state index is -0.629. The zero-order valence-electron chi connectivity index (χ0n) is 22.3. The summed E-state index contributed by atoms with van der Waals surface area (Å²) in [4.78, 5) is 35.3. The Balaban J connectivity index is 1.41. The number of rotatable bonds is 6. The lowest BCUT2D eigenvalue weighted by Gasteiger charge is -2.34. The predicted octanol–water partition coefficient (Wildman–Crippen LogP) is 2.34. The molecule has 0 spiro atoms.